The highest BCUT2D eigenvalue weighted by atomic mass is 16.6. The molecule has 0 aliphatic carbocycles. The number of carbonyl (C=O) groups is 2. The Hall–Kier alpha value is -2.34. The second kappa shape index (κ2) is 7.70. The summed E-state index contributed by atoms with van der Waals surface area (Å²) in [6.45, 7) is 9.73. The van der Waals surface area contributed by atoms with Crippen molar-refractivity contribution in [1.29, 1.82) is 0 Å². The molecule has 0 aliphatic heterocycles. The highest BCUT2D eigenvalue weighted by Crippen LogP contribution is 2.27. The van der Waals surface area contributed by atoms with Crippen molar-refractivity contribution >= 4 is 22.8 Å². The van der Waals surface area contributed by atoms with E-state index in [9.17, 15) is 9.59 Å². The van der Waals surface area contributed by atoms with Crippen LogP contribution in [0.15, 0.2) is 28.7 Å². The normalized spacial score (nSPS) is 12.8. The molecule has 6 heteroatoms. The monoisotopic (exact) mass is 347 g/mol. The smallest absolute Gasteiger partial charge is 0.375 e. The lowest BCUT2D eigenvalue weighted by molar-refractivity contribution is -0.130. The van der Waals surface area contributed by atoms with Crippen molar-refractivity contribution in [3.63, 3.8) is 0 Å². The topological polar surface area (TPSA) is 77.8 Å². The molecule has 0 saturated carbocycles. The van der Waals surface area contributed by atoms with Gasteiger partial charge in [-0.15, -0.1) is 0 Å². The molecule has 0 unspecified atom stereocenters. The second-order valence-corrected chi connectivity index (χ2v) is 6.83. The van der Waals surface area contributed by atoms with E-state index >= 15 is 0 Å². The third kappa shape index (κ3) is 4.82. The summed E-state index contributed by atoms with van der Waals surface area (Å²) in [5, 5.41) is 3.58. The lowest BCUT2D eigenvalue weighted by atomic mass is 10.1. The Balaban J connectivity index is 2.22. The molecule has 0 saturated heterocycles. The Labute approximate surface area is 147 Å². The quantitative estimate of drug-likeness (QED) is 0.810. The van der Waals surface area contributed by atoms with Gasteiger partial charge in [-0.3, -0.25) is 4.79 Å². The minimum atomic E-state index is -0.931. The Kier molecular flexibility index (Phi) is 5.85. The van der Waals surface area contributed by atoms with Crippen LogP contribution in [0.2, 0.25) is 0 Å². The number of hydrogen-bond acceptors (Lipinski definition) is 5. The fourth-order valence-corrected chi connectivity index (χ4v) is 2.35. The summed E-state index contributed by atoms with van der Waals surface area (Å²) in [6.07, 6.45) is -0.931. The number of carbonyl (C=O) groups excluding carboxylic acids is 2. The van der Waals surface area contributed by atoms with Crippen LogP contribution in [-0.2, 0) is 20.9 Å². The summed E-state index contributed by atoms with van der Waals surface area (Å²) < 4.78 is 16.4. The average molecular weight is 347 g/mol. The molecule has 2 aromatic rings. The molecule has 1 atom stereocenters. The van der Waals surface area contributed by atoms with Gasteiger partial charge in [0.1, 0.15) is 5.58 Å². The van der Waals surface area contributed by atoms with Crippen molar-refractivity contribution in [1.82, 2.24) is 5.32 Å². The Morgan fingerprint density at radius 2 is 1.92 bits per heavy atom. The largest absolute Gasteiger partial charge is 0.449 e. The van der Waals surface area contributed by atoms with Crippen molar-refractivity contribution in [2.45, 2.75) is 52.9 Å². The maximum atomic E-state index is 12.5. The fourth-order valence-electron chi connectivity index (χ4n) is 2.35. The first-order valence-electron chi connectivity index (χ1n) is 8.34. The molecule has 0 fully saturated rings. The van der Waals surface area contributed by atoms with Crippen LogP contribution in [0.4, 0.5) is 0 Å². The van der Waals surface area contributed by atoms with E-state index in [4.69, 9.17) is 13.9 Å². The zero-order valence-electron chi connectivity index (χ0n) is 15.3. The summed E-state index contributed by atoms with van der Waals surface area (Å²) in [6, 6.07) is 7.32. The fraction of sp³-hybridized carbons (Fsp3) is 0.474. The van der Waals surface area contributed by atoms with Crippen LogP contribution < -0.4 is 5.32 Å². The minimum absolute atomic E-state index is 0.0741. The number of para-hydroxylation sites is 1. The predicted molar refractivity (Wildman–Crippen MR) is 94.3 cm³/mol. The van der Waals surface area contributed by atoms with Crippen LogP contribution in [0.3, 0.4) is 0 Å². The SMILES string of the molecule is CCOCc1c(C(=O)O[C@@H](C)C(=O)NC(C)(C)C)oc2ccccc12. The van der Waals surface area contributed by atoms with Gasteiger partial charge in [0.25, 0.3) is 5.91 Å². The maximum Gasteiger partial charge on any atom is 0.375 e. The van der Waals surface area contributed by atoms with Gasteiger partial charge in [-0.1, -0.05) is 18.2 Å². The summed E-state index contributed by atoms with van der Waals surface area (Å²) >= 11 is 0. The number of fused-ring (bicyclic) bond motifs is 1. The first-order chi connectivity index (χ1) is 11.7. The highest BCUT2D eigenvalue weighted by molar-refractivity contribution is 5.97. The van der Waals surface area contributed by atoms with E-state index < -0.39 is 17.6 Å². The zero-order valence-corrected chi connectivity index (χ0v) is 15.3. The zero-order chi connectivity index (χ0) is 18.6. The molecule has 1 aromatic carbocycles. The third-order valence-corrected chi connectivity index (χ3v) is 3.49. The van der Waals surface area contributed by atoms with E-state index in [2.05, 4.69) is 5.32 Å². The van der Waals surface area contributed by atoms with Crippen molar-refractivity contribution in [2.75, 3.05) is 6.61 Å². The van der Waals surface area contributed by atoms with Crippen LogP contribution >= 0.6 is 0 Å². The van der Waals surface area contributed by atoms with E-state index in [1.165, 1.54) is 6.92 Å². The standard InChI is InChI=1S/C19H25NO5/c1-6-23-11-14-13-9-7-8-10-15(13)25-16(14)18(22)24-12(2)17(21)20-19(3,4)5/h7-10,12H,6,11H2,1-5H3,(H,20,21)/t12-/m0/s1. The second-order valence-electron chi connectivity index (χ2n) is 6.83. The maximum absolute atomic E-state index is 12.5. The van der Waals surface area contributed by atoms with Gasteiger partial charge in [-0.2, -0.15) is 0 Å². The predicted octanol–water partition coefficient (Wildman–Crippen LogP) is 3.43. The summed E-state index contributed by atoms with van der Waals surface area (Å²) in [7, 11) is 0. The van der Waals surface area contributed by atoms with Crippen LogP contribution in [0.25, 0.3) is 11.0 Å². The number of hydrogen-bond donors (Lipinski definition) is 1. The van der Waals surface area contributed by atoms with Gasteiger partial charge >= 0.3 is 5.97 Å². The first kappa shape index (κ1) is 19.0. The van der Waals surface area contributed by atoms with E-state index in [0.29, 0.717) is 17.8 Å². The van der Waals surface area contributed by atoms with Gasteiger partial charge in [-0.05, 0) is 40.7 Å². The molecule has 0 bridgehead atoms. The van der Waals surface area contributed by atoms with Crippen LogP contribution in [0.5, 0.6) is 0 Å². The van der Waals surface area contributed by atoms with E-state index in [1.807, 2.05) is 45.9 Å². The lowest BCUT2D eigenvalue weighted by Crippen LogP contribution is -2.46. The molecule has 0 radical (unpaired) electrons. The molecule has 0 spiro atoms. The van der Waals surface area contributed by atoms with Crippen LogP contribution in [-0.4, -0.2) is 30.1 Å². The number of furan rings is 1. The molecule has 136 valence electrons. The summed E-state index contributed by atoms with van der Waals surface area (Å²) in [5.41, 5.74) is 0.805. The van der Waals surface area contributed by atoms with Gasteiger partial charge in [0, 0.05) is 23.1 Å². The summed E-state index contributed by atoms with van der Waals surface area (Å²) in [4.78, 5) is 24.6. The molecule has 0 aliphatic rings. The molecule has 2 rings (SSSR count). The van der Waals surface area contributed by atoms with Crippen molar-refractivity contribution < 1.29 is 23.5 Å². The summed E-state index contributed by atoms with van der Waals surface area (Å²) in [5.74, 6) is -0.962. The first-order valence-corrected chi connectivity index (χ1v) is 8.34. The number of nitrogens with one attached hydrogen (secondary N) is 1. The molecule has 6 nitrogen and oxygen atoms in total. The molecule has 25 heavy (non-hydrogen) atoms. The van der Waals surface area contributed by atoms with E-state index in [-0.39, 0.29) is 18.3 Å². The van der Waals surface area contributed by atoms with Crippen molar-refractivity contribution in [3.05, 3.63) is 35.6 Å². The molecule has 1 heterocycles. The number of esters is 1. The van der Waals surface area contributed by atoms with E-state index in [1.54, 1.807) is 6.07 Å². The number of ether oxygens (including phenoxy) is 2. The molecule has 1 amide bonds. The Morgan fingerprint density at radius 3 is 2.56 bits per heavy atom. The van der Waals surface area contributed by atoms with Gasteiger partial charge in [-0.25, -0.2) is 4.79 Å². The number of benzene rings is 1. The van der Waals surface area contributed by atoms with Gasteiger partial charge in [0.2, 0.25) is 5.76 Å². The van der Waals surface area contributed by atoms with E-state index in [0.717, 1.165) is 5.39 Å². The Bertz CT molecular complexity index is 757. The van der Waals surface area contributed by atoms with Crippen LogP contribution in [0, 0.1) is 0 Å². The average Bonchev–Trinajstić information content (AvgIpc) is 2.90. The van der Waals surface area contributed by atoms with Gasteiger partial charge < -0.3 is 19.2 Å². The van der Waals surface area contributed by atoms with Gasteiger partial charge in [0.15, 0.2) is 6.10 Å². The molecule has 1 N–H and O–H groups in total. The molecule has 1 aromatic heterocycles. The molecular weight excluding hydrogens is 322 g/mol. The minimum Gasteiger partial charge on any atom is -0.449 e. The van der Waals surface area contributed by atoms with Crippen molar-refractivity contribution in [3.8, 4) is 0 Å². The number of rotatable bonds is 6. The van der Waals surface area contributed by atoms with Crippen molar-refractivity contribution in [2.24, 2.45) is 0 Å². The highest BCUT2D eigenvalue weighted by Gasteiger charge is 2.27. The van der Waals surface area contributed by atoms with Crippen LogP contribution in [0.1, 0.15) is 50.7 Å². The molecular formula is C19H25NO5. The third-order valence-electron chi connectivity index (χ3n) is 3.49. The van der Waals surface area contributed by atoms with Gasteiger partial charge in [0.05, 0.1) is 6.61 Å². The number of amides is 1. The Morgan fingerprint density at radius 1 is 1.24 bits per heavy atom. The lowest BCUT2D eigenvalue weighted by Gasteiger charge is -2.23.